The Balaban J connectivity index is 1.69. The van der Waals surface area contributed by atoms with Gasteiger partial charge in [-0.05, 0) is 12.1 Å². The summed E-state index contributed by atoms with van der Waals surface area (Å²) < 4.78 is 17.0. The molecular formula is C18H12ClFN8O. The van der Waals surface area contributed by atoms with E-state index in [-0.39, 0.29) is 11.6 Å². The fourth-order valence-corrected chi connectivity index (χ4v) is 3.67. The molecule has 0 aliphatic carbocycles. The number of H-pyrrole nitrogens is 1. The first kappa shape index (κ1) is 17.3. The van der Waals surface area contributed by atoms with Crippen molar-refractivity contribution in [3.63, 3.8) is 0 Å². The lowest BCUT2D eigenvalue weighted by atomic mass is 9.99. The van der Waals surface area contributed by atoms with Crippen LogP contribution in [0.3, 0.4) is 0 Å². The van der Waals surface area contributed by atoms with Gasteiger partial charge in [0.15, 0.2) is 5.82 Å². The Bertz CT molecular complexity index is 1360. The van der Waals surface area contributed by atoms with Crippen LogP contribution in [0, 0.1) is 5.82 Å². The Morgan fingerprint density at radius 1 is 1.24 bits per heavy atom. The van der Waals surface area contributed by atoms with Crippen molar-refractivity contribution in [2.45, 2.75) is 6.54 Å². The molecule has 2 N–H and O–H groups in total. The van der Waals surface area contributed by atoms with E-state index in [4.69, 9.17) is 11.6 Å². The van der Waals surface area contributed by atoms with Crippen molar-refractivity contribution < 1.29 is 9.18 Å². The number of rotatable bonds is 5. The number of imidazole rings is 1. The number of anilines is 1. The molecule has 0 saturated carbocycles. The molecule has 0 bridgehead atoms. The van der Waals surface area contributed by atoms with Crippen LogP contribution in [0.15, 0.2) is 43.1 Å². The Morgan fingerprint density at radius 2 is 2.07 bits per heavy atom. The Morgan fingerprint density at radius 3 is 2.86 bits per heavy atom. The van der Waals surface area contributed by atoms with Gasteiger partial charge in [-0.2, -0.15) is 20.1 Å². The fraction of sp³-hybridized carbons (Fsp3) is 0.0556. The normalized spacial score (nSPS) is 11.4. The third kappa shape index (κ3) is 2.81. The lowest BCUT2D eigenvalue weighted by Crippen LogP contribution is -2.07. The number of nitrogens with zero attached hydrogens (tertiary/aromatic N) is 6. The summed E-state index contributed by atoms with van der Waals surface area (Å²) >= 11 is 6.46. The highest BCUT2D eigenvalue weighted by atomic mass is 35.5. The minimum Gasteiger partial charge on any atom is -0.312 e. The molecule has 11 heteroatoms. The first-order chi connectivity index (χ1) is 14.2. The van der Waals surface area contributed by atoms with Gasteiger partial charge in [0.2, 0.25) is 6.41 Å². The minimum absolute atomic E-state index is 0.0215. The van der Waals surface area contributed by atoms with Crippen molar-refractivity contribution in [2.75, 3.05) is 5.32 Å². The maximum absolute atomic E-state index is 15.2. The summed E-state index contributed by atoms with van der Waals surface area (Å²) in [7, 11) is 0. The zero-order chi connectivity index (χ0) is 20.0. The third-order valence-corrected chi connectivity index (χ3v) is 4.96. The predicted octanol–water partition coefficient (Wildman–Crippen LogP) is 2.88. The third-order valence-electron chi connectivity index (χ3n) is 4.60. The number of hydrogen-bond donors (Lipinski definition) is 2. The molecule has 0 spiro atoms. The zero-order valence-corrected chi connectivity index (χ0v) is 15.4. The number of carbonyl (C=O) groups excluding carboxylic acids is 1. The van der Waals surface area contributed by atoms with Gasteiger partial charge in [-0.25, -0.2) is 9.37 Å². The van der Waals surface area contributed by atoms with E-state index < -0.39 is 5.82 Å². The highest BCUT2D eigenvalue weighted by molar-refractivity contribution is 6.35. The Kier molecular flexibility index (Phi) is 3.98. The van der Waals surface area contributed by atoms with Crippen LogP contribution in [-0.2, 0) is 11.3 Å². The van der Waals surface area contributed by atoms with E-state index in [1.807, 2.05) is 0 Å². The fourth-order valence-electron chi connectivity index (χ4n) is 3.34. The lowest BCUT2D eigenvalue weighted by molar-refractivity contribution is -0.105. The highest BCUT2D eigenvalue weighted by Crippen LogP contribution is 2.39. The topological polar surface area (TPSA) is 106 Å². The number of aromatic amines is 1. The van der Waals surface area contributed by atoms with Crippen LogP contribution in [0.2, 0.25) is 5.02 Å². The molecule has 4 aromatic heterocycles. The maximum Gasteiger partial charge on any atom is 0.212 e. The highest BCUT2D eigenvalue weighted by Gasteiger charge is 2.22. The monoisotopic (exact) mass is 410 g/mol. The number of nitrogens with one attached hydrogen (secondary N) is 2. The Labute approximate surface area is 167 Å². The number of amides is 1. The van der Waals surface area contributed by atoms with Crippen LogP contribution in [-0.4, -0.2) is 41.0 Å². The smallest absolute Gasteiger partial charge is 0.212 e. The van der Waals surface area contributed by atoms with E-state index in [0.29, 0.717) is 45.5 Å². The van der Waals surface area contributed by atoms with Gasteiger partial charge in [0, 0.05) is 28.3 Å². The van der Waals surface area contributed by atoms with Crippen molar-refractivity contribution in [1.29, 1.82) is 0 Å². The minimum atomic E-state index is -0.565. The van der Waals surface area contributed by atoms with Crippen LogP contribution in [0.25, 0.3) is 27.7 Å². The average molecular weight is 411 g/mol. The maximum atomic E-state index is 15.2. The van der Waals surface area contributed by atoms with Crippen molar-refractivity contribution in [3.05, 3.63) is 59.5 Å². The first-order valence-electron chi connectivity index (χ1n) is 8.52. The van der Waals surface area contributed by atoms with Gasteiger partial charge in [0.05, 0.1) is 41.9 Å². The molecule has 5 rings (SSSR count). The van der Waals surface area contributed by atoms with Crippen LogP contribution in [0.4, 0.5) is 10.2 Å². The van der Waals surface area contributed by atoms with Crippen molar-refractivity contribution in [2.24, 2.45) is 0 Å². The summed E-state index contributed by atoms with van der Waals surface area (Å²) in [6.45, 7) is 0.110. The van der Waals surface area contributed by atoms with Gasteiger partial charge in [0.1, 0.15) is 11.5 Å². The number of aromatic nitrogens is 7. The van der Waals surface area contributed by atoms with Crippen LogP contribution < -0.4 is 5.32 Å². The molecule has 0 radical (unpaired) electrons. The van der Waals surface area contributed by atoms with Crippen LogP contribution in [0.5, 0.6) is 0 Å². The SMILES string of the molecule is O=CNc1cn2cc(-c3c(Cl)c(F)c(Cn4nccn4)c4[nH]ncc34)ccc2n1. The first-order valence-corrected chi connectivity index (χ1v) is 8.90. The molecule has 1 aromatic carbocycles. The second-order valence-electron chi connectivity index (χ2n) is 6.27. The second-order valence-corrected chi connectivity index (χ2v) is 6.65. The van der Waals surface area contributed by atoms with E-state index in [9.17, 15) is 4.79 Å². The molecule has 0 aliphatic heterocycles. The standard InChI is InChI=1S/C18H12ClFN8O/c19-16-15(10-1-2-14-25-13(21-9-29)8-27(14)6-10)11-5-22-26-18(11)12(17(16)20)7-28-23-3-4-24-28/h1-6,8-9H,7H2,(H,21,29)(H,22,26). The molecule has 0 saturated heterocycles. The van der Waals surface area contributed by atoms with Gasteiger partial charge < -0.3 is 9.72 Å². The van der Waals surface area contributed by atoms with Gasteiger partial charge in [-0.3, -0.25) is 9.89 Å². The van der Waals surface area contributed by atoms with E-state index in [0.717, 1.165) is 0 Å². The van der Waals surface area contributed by atoms with E-state index in [2.05, 4.69) is 30.7 Å². The molecule has 1 amide bonds. The van der Waals surface area contributed by atoms with Crippen LogP contribution in [0.1, 0.15) is 5.56 Å². The number of halogens is 2. The lowest BCUT2D eigenvalue weighted by Gasteiger charge is -2.12. The summed E-state index contributed by atoms with van der Waals surface area (Å²) in [6, 6.07) is 3.54. The second kappa shape index (κ2) is 6.67. The molecule has 0 aliphatic rings. The molecule has 144 valence electrons. The molecule has 0 fully saturated rings. The molecule has 0 atom stereocenters. The number of pyridine rings is 1. The largest absolute Gasteiger partial charge is 0.312 e. The molecule has 0 unspecified atom stereocenters. The Hall–Kier alpha value is -3.79. The number of fused-ring (bicyclic) bond motifs is 2. The predicted molar refractivity (Wildman–Crippen MR) is 104 cm³/mol. The molecule has 9 nitrogen and oxygen atoms in total. The van der Waals surface area contributed by atoms with Gasteiger partial charge in [-0.1, -0.05) is 11.6 Å². The summed E-state index contributed by atoms with van der Waals surface area (Å²) in [6.07, 6.45) is 8.62. The summed E-state index contributed by atoms with van der Waals surface area (Å²) in [5, 5.41) is 18.1. The van der Waals surface area contributed by atoms with Gasteiger partial charge >= 0.3 is 0 Å². The van der Waals surface area contributed by atoms with Crippen molar-refractivity contribution in [3.8, 4) is 11.1 Å². The summed E-state index contributed by atoms with van der Waals surface area (Å²) in [5.41, 5.74) is 2.65. The number of benzene rings is 1. The average Bonchev–Trinajstić information content (AvgIpc) is 3.46. The molecule has 29 heavy (non-hydrogen) atoms. The molecular weight excluding hydrogens is 399 g/mol. The molecule has 5 aromatic rings. The van der Waals surface area contributed by atoms with Gasteiger partial charge in [-0.15, -0.1) is 0 Å². The van der Waals surface area contributed by atoms with Crippen LogP contribution >= 0.6 is 11.6 Å². The summed E-state index contributed by atoms with van der Waals surface area (Å²) in [5.74, 6) is -0.158. The summed E-state index contributed by atoms with van der Waals surface area (Å²) in [4.78, 5) is 16.3. The number of hydrogen-bond acceptors (Lipinski definition) is 5. The van der Waals surface area contributed by atoms with Crippen molar-refractivity contribution >= 4 is 40.4 Å². The quantitative estimate of drug-likeness (QED) is 0.433. The van der Waals surface area contributed by atoms with Crippen molar-refractivity contribution in [1.82, 2.24) is 34.6 Å². The van der Waals surface area contributed by atoms with E-state index in [1.165, 1.54) is 17.2 Å². The number of carbonyl (C=O) groups is 1. The van der Waals surface area contributed by atoms with E-state index >= 15 is 4.39 Å². The molecule has 4 heterocycles. The zero-order valence-electron chi connectivity index (χ0n) is 14.7. The van der Waals surface area contributed by atoms with E-state index in [1.54, 1.807) is 35.1 Å². The van der Waals surface area contributed by atoms with Gasteiger partial charge in [0.25, 0.3) is 0 Å².